The molecule has 0 amide bonds. The molecule has 1 aliphatic rings. The largest absolute Gasteiger partial charge is 0.491 e. The highest BCUT2D eigenvalue weighted by Gasteiger charge is 2.19. The Morgan fingerprint density at radius 3 is 2.90 bits per heavy atom. The lowest BCUT2D eigenvalue weighted by molar-refractivity contribution is 0.263. The Bertz CT molecular complexity index is 1220. The van der Waals surface area contributed by atoms with E-state index in [4.69, 9.17) is 18.7 Å². The van der Waals surface area contributed by atoms with Gasteiger partial charge in [-0.2, -0.15) is 4.52 Å². The lowest BCUT2D eigenvalue weighted by Crippen LogP contribution is -2.30. The molecule has 154 valence electrons. The first kappa shape index (κ1) is 18.2. The minimum Gasteiger partial charge on any atom is -0.491 e. The van der Waals surface area contributed by atoms with Gasteiger partial charge < -0.3 is 23.6 Å². The van der Waals surface area contributed by atoms with E-state index in [1.165, 1.54) is 4.52 Å². The highest BCUT2D eigenvalue weighted by atomic mass is 16.5. The summed E-state index contributed by atoms with van der Waals surface area (Å²) in [7, 11) is 3.53. The summed E-state index contributed by atoms with van der Waals surface area (Å²) in [6.07, 6.45) is 0. The molecular weight excluding hydrogens is 390 g/mol. The Hall–Kier alpha value is -3.89. The maximum absolute atomic E-state index is 5.94. The van der Waals surface area contributed by atoms with E-state index in [1.54, 1.807) is 26.2 Å². The number of hydrogen-bond donors (Lipinski definition) is 0. The van der Waals surface area contributed by atoms with E-state index in [1.807, 2.05) is 19.2 Å². The smallest absolute Gasteiger partial charge is 0.275 e. The minimum absolute atomic E-state index is 0.205. The third kappa shape index (κ3) is 3.13. The minimum atomic E-state index is 0.205. The fourth-order valence-corrected chi connectivity index (χ4v) is 3.16. The van der Waals surface area contributed by atoms with Gasteiger partial charge in [0, 0.05) is 19.2 Å². The molecule has 5 rings (SSSR count). The van der Waals surface area contributed by atoms with Crippen LogP contribution in [-0.2, 0) is 6.61 Å². The number of aryl methyl sites for hydroxylation is 1. The number of likely N-dealkylation sites (N-methyl/N-ethyl adjacent to an activating group) is 1. The number of hydrogen-bond acceptors (Lipinski definition) is 10. The molecule has 30 heavy (non-hydrogen) atoms. The molecule has 0 bridgehead atoms. The molecule has 4 aromatic heterocycles. The quantitative estimate of drug-likeness (QED) is 0.484. The van der Waals surface area contributed by atoms with Crippen LogP contribution < -0.4 is 19.1 Å². The Morgan fingerprint density at radius 2 is 2.10 bits per heavy atom. The molecule has 0 N–H and O–H groups in total. The summed E-state index contributed by atoms with van der Waals surface area (Å²) < 4.78 is 23.7. The third-order valence-electron chi connectivity index (χ3n) is 4.70. The molecule has 5 heterocycles. The van der Waals surface area contributed by atoms with Gasteiger partial charge in [0.25, 0.3) is 5.88 Å². The first-order chi connectivity index (χ1) is 14.6. The highest BCUT2D eigenvalue weighted by Crippen LogP contribution is 2.30. The molecule has 0 aliphatic carbocycles. The molecule has 4 aromatic rings. The summed E-state index contributed by atoms with van der Waals surface area (Å²) in [5.41, 5.74) is 1.77. The second-order valence-corrected chi connectivity index (χ2v) is 6.82. The summed E-state index contributed by atoms with van der Waals surface area (Å²) in [5.74, 6) is 3.40. The number of aromatic nitrogens is 6. The van der Waals surface area contributed by atoms with Crippen molar-refractivity contribution in [3.63, 3.8) is 0 Å². The molecule has 11 nitrogen and oxygen atoms in total. The van der Waals surface area contributed by atoms with Crippen LogP contribution in [0.1, 0.15) is 11.5 Å². The van der Waals surface area contributed by atoms with Gasteiger partial charge >= 0.3 is 0 Å². The molecule has 0 unspecified atom stereocenters. The van der Waals surface area contributed by atoms with Crippen molar-refractivity contribution in [2.24, 2.45) is 0 Å². The zero-order chi connectivity index (χ0) is 20.7. The number of anilines is 1. The standard InChI is InChI=1S/C19H19N7O4/c1-11-8-13(24-30-11)17-22-21-16-9-15(27-3)19(23-26(16)17)29-10-12-4-5-14-18(20-12)25(2)6-7-28-14/h4-5,8-9H,6-7,10H2,1-3H3. The Morgan fingerprint density at radius 1 is 1.20 bits per heavy atom. The fourth-order valence-electron chi connectivity index (χ4n) is 3.16. The topological polar surface area (TPSA) is 113 Å². The van der Waals surface area contributed by atoms with Crippen molar-refractivity contribution >= 4 is 11.5 Å². The first-order valence-electron chi connectivity index (χ1n) is 9.33. The zero-order valence-corrected chi connectivity index (χ0v) is 16.7. The second-order valence-electron chi connectivity index (χ2n) is 6.82. The molecule has 0 aromatic carbocycles. The molecule has 0 atom stereocenters. The average Bonchev–Trinajstić information content (AvgIpc) is 3.37. The van der Waals surface area contributed by atoms with Crippen molar-refractivity contribution in [1.29, 1.82) is 0 Å². The summed E-state index contributed by atoms with van der Waals surface area (Å²) in [6.45, 7) is 3.44. The van der Waals surface area contributed by atoms with E-state index in [0.29, 0.717) is 35.3 Å². The fraction of sp³-hybridized carbons (Fsp3) is 0.316. The molecule has 0 fully saturated rings. The second kappa shape index (κ2) is 7.17. The highest BCUT2D eigenvalue weighted by molar-refractivity contribution is 5.57. The van der Waals surface area contributed by atoms with Crippen molar-refractivity contribution in [2.45, 2.75) is 13.5 Å². The van der Waals surface area contributed by atoms with Gasteiger partial charge in [-0.25, -0.2) is 4.98 Å². The Balaban J connectivity index is 1.45. The van der Waals surface area contributed by atoms with Crippen molar-refractivity contribution < 1.29 is 18.7 Å². The summed E-state index contributed by atoms with van der Waals surface area (Å²) >= 11 is 0. The molecule has 11 heteroatoms. The number of pyridine rings is 1. The number of fused-ring (bicyclic) bond motifs is 2. The summed E-state index contributed by atoms with van der Waals surface area (Å²) in [6, 6.07) is 7.23. The third-order valence-corrected chi connectivity index (χ3v) is 4.70. The maximum atomic E-state index is 5.94. The summed E-state index contributed by atoms with van der Waals surface area (Å²) in [4.78, 5) is 6.69. The molecule has 0 radical (unpaired) electrons. The molecule has 0 saturated carbocycles. The van der Waals surface area contributed by atoms with E-state index in [0.717, 1.165) is 23.8 Å². The van der Waals surface area contributed by atoms with Crippen molar-refractivity contribution in [1.82, 2.24) is 30.0 Å². The van der Waals surface area contributed by atoms with Gasteiger partial charge in [-0.3, -0.25) is 0 Å². The monoisotopic (exact) mass is 409 g/mol. The lowest BCUT2D eigenvalue weighted by atomic mass is 10.3. The van der Waals surface area contributed by atoms with Gasteiger partial charge in [-0.1, -0.05) is 5.16 Å². The maximum Gasteiger partial charge on any atom is 0.275 e. The number of rotatable bonds is 5. The Kier molecular flexibility index (Phi) is 4.34. The SMILES string of the molecule is COc1cc2nnc(-c3cc(C)on3)n2nc1OCc1ccc2c(n1)N(C)CCO2. The lowest BCUT2D eigenvalue weighted by Gasteiger charge is -2.26. The van der Waals surface area contributed by atoms with Gasteiger partial charge in [0.2, 0.25) is 5.82 Å². The van der Waals surface area contributed by atoms with Crippen molar-refractivity contribution in [3.8, 4) is 28.9 Å². The molecular formula is C19H19N7O4. The number of ether oxygens (including phenoxy) is 3. The first-order valence-corrected chi connectivity index (χ1v) is 9.33. The molecule has 0 saturated heterocycles. The Labute approximate surface area is 171 Å². The molecule has 1 aliphatic heterocycles. The zero-order valence-electron chi connectivity index (χ0n) is 16.7. The van der Waals surface area contributed by atoms with Crippen molar-refractivity contribution in [2.75, 3.05) is 32.2 Å². The summed E-state index contributed by atoms with van der Waals surface area (Å²) in [5, 5.41) is 16.8. The van der Waals surface area contributed by atoms with Crippen LogP contribution in [0.4, 0.5) is 5.82 Å². The average molecular weight is 409 g/mol. The molecule has 0 spiro atoms. The van der Waals surface area contributed by atoms with Gasteiger partial charge in [-0.05, 0) is 19.1 Å². The van der Waals surface area contributed by atoms with Gasteiger partial charge in [0.15, 0.2) is 28.7 Å². The van der Waals surface area contributed by atoms with Crippen LogP contribution in [0.2, 0.25) is 0 Å². The number of methoxy groups -OCH3 is 1. The van der Waals surface area contributed by atoms with Crippen LogP contribution in [0, 0.1) is 6.92 Å². The van der Waals surface area contributed by atoms with E-state index in [2.05, 4.69) is 30.3 Å². The van der Waals surface area contributed by atoms with Crippen LogP contribution in [-0.4, -0.2) is 57.3 Å². The predicted molar refractivity (Wildman–Crippen MR) is 105 cm³/mol. The van der Waals surface area contributed by atoms with Crippen LogP contribution in [0.25, 0.3) is 17.2 Å². The van der Waals surface area contributed by atoms with Crippen LogP contribution in [0.15, 0.2) is 28.8 Å². The number of nitrogens with zero attached hydrogens (tertiary/aromatic N) is 7. The van der Waals surface area contributed by atoms with E-state index >= 15 is 0 Å². The van der Waals surface area contributed by atoms with E-state index < -0.39 is 0 Å². The van der Waals surface area contributed by atoms with Gasteiger partial charge in [-0.15, -0.1) is 15.3 Å². The van der Waals surface area contributed by atoms with Gasteiger partial charge in [0.1, 0.15) is 19.0 Å². The van der Waals surface area contributed by atoms with Crippen LogP contribution in [0.3, 0.4) is 0 Å². The van der Waals surface area contributed by atoms with Crippen LogP contribution >= 0.6 is 0 Å². The van der Waals surface area contributed by atoms with E-state index in [9.17, 15) is 0 Å². The predicted octanol–water partition coefficient (Wildman–Crippen LogP) is 1.90. The van der Waals surface area contributed by atoms with Crippen molar-refractivity contribution in [3.05, 3.63) is 35.7 Å². The van der Waals surface area contributed by atoms with E-state index in [-0.39, 0.29) is 12.5 Å². The van der Waals surface area contributed by atoms with Crippen LogP contribution in [0.5, 0.6) is 17.4 Å². The normalized spacial score (nSPS) is 13.2. The van der Waals surface area contributed by atoms with Gasteiger partial charge in [0.05, 0.1) is 19.3 Å².